The Bertz CT molecular complexity index is 966. The summed E-state index contributed by atoms with van der Waals surface area (Å²) >= 11 is 0. The minimum Gasteiger partial charge on any atom is -0.472 e. The number of carbonyl (C=O) groups is 1. The van der Waals surface area contributed by atoms with Crippen LogP contribution in [0.5, 0.6) is 0 Å². The SMILES string of the molecule is CN(Cc1ccccc1)S(=O)(=O)c1ccc(NC(=O)c2ccoc2)cc1. The lowest BCUT2D eigenvalue weighted by Gasteiger charge is -2.17. The van der Waals surface area contributed by atoms with E-state index in [0.29, 0.717) is 11.3 Å². The molecule has 0 atom stereocenters. The van der Waals surface area contributed by atoms with Crippen molar-refractivity contribution in [3.63, 3.8) is 0 Å². The van der Waals surface area contributed by atoms with E-state index in [4.69, 9.17) is 4.42 Å². The molecule has 134 valence electrons. The van der Waals surface area contributed by atoms with Gasteiger partial charge in [-0.25, -0.2) is 8.42 Å². The van der Waals surface area contributed by atoms with Gasteiger partial charge in [-0.1, -0.05) is 30.3 Å². The molecule has 6 nitrogen and oxygen atoms in total. The van der Waals surface area contributed by atoms with Crippen molar-refractivity contribution in [3.05, 3.63) is 84.3 Å². The maximum Gasteiger partial charge on any atom is 0.258 e. The van der Waals surface area contributed by atoms with E-state index >= 15 is 0 Å². The highest BCUT2D eigenvalue weighted by Gasteiger charge is 2.21. The Kier molecular flexibility index (Phi) is 5.20. The summed E-state index contributed by atoms with van der Waals surface area (Å²) in [6.45, 7) is 0.280. The molecular formula is C19H18N2O4S. The number of sulfonamides is 1. The van der Waals surface area contributed by atoms with Crippen LogP contribution in [0.2, 0.25) is 0 Å². The van der Waals surface area contributed by atoms with Crippen molar-refractivity contribution in [1.29, 1.82) is 0 Å². The van der Waals surface area contributed by atoms with E-state index in [1.807, 2.05) is 30.3 Å². The van der Waals surface area contributed by atoms with E-state index in [1.54, 1.807) is 18.2 Å². The number of amides is 1. The largest absolute Gasteiger partial charge is 0.472 e. The molecule has 26 heavy (non-hydrogen) atoms. The zero-order valence-electron chi connectivity index (χ0n) is 14.1. The average molecular weight is 370 g/mol. The van der Waals surface area contributed by atoms with Crippen LogP contribution in [0.15, 0.2) is 82.5 Å². The average Bonchev–Trinajstić information content (AvgIpc) is 3.18. The second-order valence-electron chi connectivity index (χ2n) is 5.74. The molecule has 0 unspecified atom stereocenters. The Morgan fingerprint density at radius 3 is 2.35 bits per heavy atom. The molecule has 1 amide bonds. The van der Waals surface area contributed by atoms with Gasteiger partial charge in [0.05, 0.1) is 16.7 Å². The van der Waals surface area contributed by atoms with Gasteiger partial charge in [0.15, 0.2) is 0 Å². The molecule has 0 aliphatic heterocycles. The molecule has 0 saturated heterocycles. The molecule has 0 spiro atoms. The standard InChI is InChI=1S/C19H18N2O4S/c1-21(13-15-5-3-2-4-6-15)26(23,24)18-9-7-17(8-10-18)20-19(22)16-11-12-25-14-16/h2-12,14H,13H2,1H3,(H,20,22). The molecule has 0 fully saturated rings. The summed E-state index contributed by atoms with van der Waals surface area (Å²) < 4.78 is 31.5. The van der Waals surface area contributed by atoms with E-state index in [9.17, 15) is 13.2 Å². The predicted molar refractivity (Wildman–Crippen MR) is 98.2 cm³/mol. The minimum absolute atomic E-state index is 0.164. The van der Waals surface area contributed by atoms with Crippen molar-refractivity contribution >= 4 is 21.6 Å². The van der Waals surface area contributed by atoms with E-state index in [2.05, 4.69) is 5.32 Å². The van der Waals surface area contributed by atoms with Crippen LogP contribution in [-0.2, 0) is 16.6 Å². The number of carbonyl (C=O) groups excluding carboxylic acids is 1. The van der Waals surface area contributed by atoms with E-state index in [-0.39, 0.29) is 17.3 Å². The highest BCUT2D eigenvalue weighted by Crippen LogP contribution is 2.19. The topological polar surface area (TPSA) is 79.6 Å². The number of furan rings is 1. The maximum absolute atomic E-state index is 12.7. The lowest BCUT2D eigenvalue weighted by Crippen LogP contribution is -2.26. The van der Waals surface area contributed by atoms with Gasteiger partial charge in [-0.2, -0.15) is 4.31 Å². The van der Waals surface area contributed by atoms with Gasteiger partial charge in [-0.15, -0.1) is 0 Å². The van der Waals surface area contributed by atoms with Crippen LogP contribution in [0.4, 0.5) is 5.69 Å². The van der Waals surface area contributed by atoms with Gasteiger partial charge >= 0.3 is 0 Å². The summed E-state index contributed by atoms with van der Waals surface area (Å²) in [6.07, 6.45) is 2.75. The first kappa shape index (κ1) is 17.9. The highest BCUT2D eigenvalue weighted by atomic mass is 32.2. The zero-order chi connectivity index (χ0) is 18.6. The maximum atomic E-state index is 12.7. The van der Waals surface area contributed by atoms with Crippen LogP contribution in [0.1, 0.15) is 15.9 Å². The van der Waals surface area contributed by atoms with Gasteiger partial charge in [0.1, 0.15) is 6.26 Å². The molecule has 1 N–H and O–H groups in total. The number of nitrogens with zero attached hydrogens (tertiary/aromatic N) is 1. The first-order chi connectivity index (χ1) is 12.5. The normalized spacial score (nSPS) is 11.5. The lowest BCUT2D eigenvalue weighted by molar-refractivity contribution is 0.102. The fourth-order valence-corrected chi connectivity index (χ4v) is 3.57. The Labute approximate surface area is 152 Å². The predicted octanol–water partition coefficient (Wildman–Crippen LogP) is 3.35. The van der Waals surface area contributed by atoms with Gasteiger partial charge in [0.2, 0.25) is 10.0 Å². The van der Waals surface area contributed by atoms with Crippen LogP contribution >= 0.6 is 0 Å². The molecule has 0 radical (unpaired) electrons. The summed E-state index contributed by atoms with van der Waals surface area (Å²) in [5, 5.41) is 2.68. The van der Waals surface area contributed by atoms with E-state index in [0.717, 1.165) is 5.56 Å². The van der Waals surface area contributed by atoms with Gasteiger partial charge in [0.25, 0.3) is 5.91 Å². The van der Waals surface area contributed by atoms with Crippen LogP contribution < -0.4 is 5.32 Å². The fraction of sp³-hybridized carbons (Fsp3) is 0.105. The van der Waals surface area contributed by atoms with Crippen LogP contribution in [-0.4, -0.2) is 25.7 Å². The number of benzene rings is 2. The number of anilines is 1. The molecule has 3 aromatic rings. The minimum atomic E-state index is -3.62. The van der Waals surface area contributed by atoms with Gasteiger partial charge in [-0.3, -0.25) is 4.79 Å². The van der Waals surface area contributed by atoms with E-state index in [1.165, 1.54) is 36.0 Å². The highest BCUT2D eigenvalue weighted by molar-refractivity contribution is 7.89. The van der Waals surface area contributed by atoms with Gasteiger partial charge in [0, 0.05) is 19.3 Å². The third-order valence-electron chi connectivity index (χ3n) is 3.85. The zero-order valence-corrected chi connectivity index (χ0v) is 14.9. The van der Waals surface area contributed by atoms with Crippen LogP contribution in [0.25, 0.3) is 0 Å². The first-order valence-corrected chi connectivity index (χ1v) is 9.35. The van der Waals surface area contributed by atoms with Crippen molar-refractivity contribution < 1.29 is 17.6 Å². The Morgan fingerprint density at radius 1 is 1.04 bits per heavy atom. The van der Waals surface area contributed by atoms with Gasteiger partial charge < -0.3 is 9.73 Å². The lowest BCUT2D eigenvalue weighted by atomic mass is 10.2. The van der Waals surface area contributed by atoms with Crippen molar-refractivity contribution in [2.45, 2.75) is 11.4 Å². The van der Waals surface area contributed by atoms with Crippen molar-refractivity contribution in [1.82, 2.24) is 4.31 Å². The van der Waals surface area contributed by atoms with Crippen LogP contribution in [0.3, 0.4) is 0 Å². The number of nitrogens with one attached hydrogen (secondary N) is 1. The summed E-state index contributed by atoms with van der Waals surface area (Å²) in [7, 11) is -2.08. The molecular weight excluding hydrogens is 352 g/mol. The fourth-order valence-electron chi connectivity index (χ4n) is 2.41. The molecule has 3 rings (SSSR count). The third kappa shape index (κ3) is 4.01. The molecule has 7 heteroatoms. The first-order valence-electron chi connectivity index (χ1n) is 7.91. The summed E-state index contributed by atoms with van der Waals surface area (Å²) in [5.41, 5.74) is 1.80. The van der Waals surface area contributed by atoms with Gasteiger partial charge in [-0.05, 0) is 35.9 Å². The number of hydrogen-bond donors (Lipinski definition) is 1. The molecule has 0 aliphatic carbocycles. The summed E-state index contributed by atoms with van der Waals surface area (Å²) in [6, 6.07) is 17.0. The molecule has 2 aromatic carbocycles. The Hall–Kier alpha value is -2.90. The number of hydrogen-bond acceptors (Lipinski definition) is 4. The van der Waals surface area contributed by atoms with Crippen LogP contribution in [0, 0.1) is 0 Å². The molecule has 1 aromatic heterocycles. The molecule has 0 aliphatic rings. The third-order valence-corrected chi connectivity index (χ3v) is 5.67. The smallest absolute Gasteiger partial charge is 0.258 e. The quantitative estimate of drug-likeness (QED) is 0.722. The monoisotopic (exact) mass is 370 g/mol. The molecule has 0 bridgehead atoms. The van der Waals surface area contributed by atoms with Crippen molar-refractivity contribution in [3.8, 4) is 0 Å². The number of rotatable bonds is 6. The summed E-state index contributed by atoms with van der Waals surface area (Å²) in [4.78, 5) is 12.1. The summed E-state index contributed by atoms with van der Waals surface area (Å²) in [5.74, 6) is -0.324. The second-order valence-corrected chi connectivity index (χ2v) is 7.78. The van der Waals surface area contributed by atoms with Crippen molar-refractivity contribution in [2.75, 3.05) is 12.4 Å². The Morgan fingerprint density at radius 2 is 1.73 bits per heavy atom. The molecule has 0 saturated carbocycles. The molecule has 1 heterocycles. The second kappa shape index (κ2) is 7.55. The van der Waals surface area contributed by atoms with Crippen molar-refractivity contribution in [2.24, 2.45) is 0 Å². The Balaban J connectivity index is 1.71. The van der Waals surface area contributed by atoms with E-state index < -0.39 is 10.0 Å².